The Hall–Kier alpha value is -2.03. The number of quaternary nitrogens is 1. The lowest BCUT2D eigenvalue weighted by Gasteiger charge is -2.25. The minimum atomic E-state index is -4.61. The van der Waals surface area contributed by atoms with Crippen molar-refractivity contribution in [3.05, 3.63) is 48.6 Å². The Morgan fingerprint density at radius 2 is 0.746 bits per heavy atom. The number of esters is 2. The van der Waals surface area contributed by atoms with Gasteiger partial charge in [0.05, 0.1) is 13.2 Å². The monoisotopic (exact) mass is 964 g/mol. The minimum Gasteiger partial charge on any atom is -0.756 e. The molecule has 3 N–H and O–H groups in total. The largest absolute Gasteiger partial charge is 0.756 e. The second-order valence-electron chi connectivity index (χ2n) is 18.8. The molecule has 0 saturated carbocycles. The molecule has 1 unspecified atom stereocenters. The molecule has 0 spiro atoms. The van der Waals surface area contributed by atoms with E-state index in [2.05, 4.69) is 68.2 Å². The predicted molar refractivity (Wildman–Crippen MR) is 281 cm³/mol. The number of hydrogen-bond acceptors (Lipinski definition) is 8. The highest BCUT2D eigenvalue weighted by molar-refractivity contribution is 7.45. The van der Waals surface area contributed by atoms with Crippen molar-refractivity contribution in [2.24, 2.45) is 0 Å². The number of hydrogen-bond donors (Lipinski definition) is 1. The molecule has 0 rings (SSSR count). The fourth-order valence-electron chi connectivity index (χ4n) is 7.98. The first-order chi connectivity index (χ1) is 32.8. The van der Waals surface area contributed by atoms with E-state index in [4.69, 9.17) is 18.5 Å². The highest BCUT2D eigenvalue weighted by Crippen LogP contribution is 2.38. The molecule has 0 aliphatic carbocycles. The lowest BCUT2D eigenvalue weighted by atomic mass is 10.0. The number of rotatable bonds is 53. The van der Waals surface area contributed by atoms with Crippen LogP contribution in [0.3, 0.4) is 0 Å². The molecule has 0 aliphatic rings. The summed E-state index contributed by atoms with van der Waals surface area (Å²) in [5, 5.41) is 0. The van der Waals surface area contributed by atoms with E-state index in [1.54, 1.807) is 0 Å². The number of carbonyl (C=O) groups excluding carboxylic acids is 2. The van der Waals surface area contributed by atoms with Gasteiger partial charge in [-0.05, 0) is 77.0 Å². The van der Waals surface area contributed by atoms with Crippen molar-refractivity contribution in [3.8, 4) is 0 Å². The van der Waals surface area contributed by atoms with Crippen molar-refractivity contribution in [1.29, 1.82) is 0 Å². The zero-order valence-electron chi connectivity index (χ0n) is 43.7. The van der Waals surface area contributed by atoms with Crippen LogP contribution in [-0.2, 0) is 32.7 Å². The van der Waals surface area contributed by atoms with Gasteiger partial charge in [-0.2, -0.15) is 0 Å². The van der Waals surface area contributed by atoms with Gasteiger partial charge in [0.25, 0.3) is 7.82 Å². The average molecular weight is 964 g/mol. The topological polar surface area (TPSA) is 139 Å². The second-order valence-corrected chi connectivity index (χ2v) is 20.2. The van der Waals surface area contributed by atoms with Gasteiger partial charge < -0.3 is 29.1 Å². The van der Waals surface area contributed by atoms with Crippen molar-refractivity contribution < 1.29 is 43.3 Å². The number of phosphoric ester groups is 1. The van der Waals surface area contributed by atoms with Crippen LogP contribution < -0.4 is 10.6 Å². The van der Waals surface area contributed by atoms with Crippen molar-refractivity contribution in [1.82, 2.24) is 0 Å². The van der Waals surface area contributed by atoms with Crippen molar-refractivity contribution in [2.45, 2.75) is 277 Å². The maximum absolute atomic E-state index is 12.6. The Balaban J connectivity index is 4.09. The summed E-state index contributed by atoms with van der Waals surface area (Å²) in [6, 6.07) is 0. The van der Waals surface area contributed by atoms with Crippen LogP contribution in [0, 0.1) is 0 Å². The summed E-state index contributed by atoms with van der Waals surface area (Å²) >= 11 is 0. The normalized spacial score (nSPS) is 13.4. The second kappa shape index (κ2) is 53.3. The van der Waals surface area contributed by atoms with Gasteiger partial charge in [-0.25, -0.2) is 0 Å². The van der Waals surface area contributed by atoms with Gasteiger partial charge >= 0.3 is 11.9 Å². The van der Waals surface area contributed by atoms with Crippen LogP contribution in [0.4, 0.5) is 0 Å². The molecule has 0 aromatic carbocycles. The summed E-state index contributed by atoms with van der Waals surface area (Å²) in [4.78, 5) is 37.2. The van der Waals surface area contributed by atoms with Gasteiger partial charge in [-0.15, -0.1) is 0 Å². The molecule has 0 fully saturated rings. The Bertz CT molecular complexity index is 1240. The summed E-state index contributed by atoms with van der Waals surface area (Å²) in [7, 11) is -4.61. The van der Waals surface area contributed by atoms with Gasteiger partial charge in [0.2, 0.25) is 0 Å². The molecule has 0 radical (unpaired) electrons. The molecular formula is C57H106NO8P. The van der Waals surface area contributed by atoms with Gasteiger partial charge in [-0.1, -0.05) is 229 Å². The highest BCUT2D eigenvalue weighted by atomic mass is 31.2. The van der Waals surface area contributed by atoms with E-state index in [-0.39, 0.29) is 32.6 Å². The first kappa shape index (κ1) is 65.0. The molecule has 0 amide bonds. The third-order valence-corrected chi connectivity index (χ3v) is 13.1. The maximum atomic E-state index is 12.6. The van der Waals surface area contributed by atoms with E-state index in [1.807, 2.05) is 0 Å². The fraction of sp³-hybridized carbons (Fsp3) is 0.825. The van der Waals surface area contributed by atoms with E-state index in [0.29, 0.717) is 12.8 Å². The number of phosphoric acid groups is 1. The van der Waals surface area contributed by atoms with E-state index in [9.17, 15) is 19.0 Å². The molecule has 0 aliphatic heterocycles. The first-order valence-corrected chi connectivity index (χ1v) is 29.6. The van der Waals surface area contributed by atoms with Crippen LogP contribution in [-0.4, -0.2) is 44.4 Å². The van der Waals surface area contributed by atoms with Crippen LogP contribution >= 0.6 is 7.82 Å². The van der Waals surface area contributed by atoms with E-state index in [0.717, 1.165) is 51.4 Å². The lowest BCUT2D eigenvalue weighted by molar-refractivity contribution is -0.373. The lowest BCUT2D eigenvalue weighted by Crippen LogP contribution is -2.52. The highest BCUT2D eigenvalue weighted by Gasteiger charge is 2.21. The summed E-state index contributed by atoms with van der Waals surface area (Å²) in [5.74, 6) is -0.937. The molecule has 67 heavy (non-hydrogen) atoms. The molecule has 0 saturated heterocycles. The molecule has 0 bridgehead atoms. The Labute approximate surface area is 413 Å². The molecule has 392 valence electrons. The average Bonchev–Trinajstić information content (AvgIpc) is 3.32. The number of carbonyl (C=O) groups is 2. The molecule has 0 heterocycles. The smallest absolute Gasteiger partial charge is 0.306 e. The van der Waals surface area contributed by atoms with Gasteiger partial charge in [0.1, 0.15) is 13.2 Å². The summed E-state index contributed by atoms with van der Waals surface area (Å²) in [5.41, 5.74) is 3.56. The Morgan fingerprint density at radius 1 is 0.433 bits per heavy atom. The predicted octanol–water partition coefficient (Wildman–Crippen LogP) is 16.1. The van der Waals surface area contributed by atoms with Gasteiger partial charge in [0.15, 0.2) is 6.10 Å². The molecular weight excluding hydrogens is 858 g/mol. The molecule has 0 aromatic rings. The Morgan fingerprint density at radius 3 is 1.10 bits per heavy atom. The number of allylic oxidation sites excluding steroid dienone is 8. The number of ether oxygens (including phenoxy) is 2. The fourth-order valence-corrected chi connectivity index (χ4v) is 8.75. The standard InChI is InChI=1S/C57H106NO8P/c1-3-5-7-9-11-13-15-17-19-21-23-25-27-29-31-33-35-37-39-41-43-45-47-49-56(59)63-53-55(54-65-67(61,62)64-52-51-58)66-57(60)50-48-46-44-42-40-38-36-34-32-30-28-26-24-22-20-18-16-14-12-10-8-6-4-2/h33-36,41-44,55H,3-32,37-40,45-54,58H2,1-2H3,(H,61,62)/b35-33+,36-34+,43-41+,44-42+/t55-/m1/s1. The van der Waals surface area contributed by atoms with Crippen LogP contribution in [0.1, 0.15) is 271 Å². The maximum Gasteiger partial charge on any atom is 0.306 e. The van der Waals surface area contributed by atoms with Gasteiger partial charge in [-0.3, -0.25) is 14.2 Å². The summed E-state index contributed by atoms with van der Waals surface area (Å²) in [6.07, 6.45) is 64.7. The van der Waals surface area contributed by atoms with E-state index < -0.39 is 32.5 Å². The van der Waals surface area contributed by atoms with Crippen LogP contribution in [0.2, 0.25) is 0 Å². The minimum absolute atomic E-state index is 0.117. The molecule has 0 aromatic heterocycles. The molecule has 10 heteroatoms. The molecule has 2 atom stereocenters. The SMILES string of the molecule is CCCCCCCCCCCCCCCC/C=C/CC/C=C/CCCC(=O)OC[C@H](COP(=O)([O-])OCC[NH3+])OC(=O)CCC/C=C/CC/C=C/CCCCCCCCCCCCCCCC. The third-order valence-electron chi connectivity index (χ3n) is 12.2. The van der Waals surface area contributed by atoms with E-state index >= 15 is 0 Å². The first-order valence-electron chi connectivity index (χ1n) is 28.2. The van der Waals surface area contributed by atoms with Crippen molar-refractivity contribution in [2.75, 3.05) is 26.4 Å². The van der Waals surface area contributed by atoms with Crippen LogP contribution in [0.15, 0.2) is 48.6 Å². The Kier molecular flexibility index (Phi) is 51.7. The third kappa shape index (κ3) is 53.2. The molecule has 9 nitrogen and oxygen atoms in total. The van der Waals surface area contributed by atoms with Crippen LogP contribution in [0.25, 0.3) is 0 Å². The number of unbranched alkanes of at least 4 members (excludes halogenated alkanes) is 32. The zero-order valence-corrected chi connectivity index (χ0v) is 44.6. The van der Waals surface area contributed by atoms with E-state index in [1.165, 1.54) is 180 Å². The van der Waals surface area contributed by atoms with Crippen molar-refractivity contribution >= 4 is 19.8 Å². The summed E-state index contributed by atoms with van der Waals surface area (Å²) < 4.78 is 32.6. The van der Waals surface area contributed by atoms with Crippen LogP contribution in [0.5, 0.6) is 0 Å². The van der Waals surface area contributed by atoms with Crippen molar-refractivity contribution in [3.63, 3.8) is 0 Å². The quantitative estimate of drug-likeness (QED) is 0.0275. The zero-order chi connectivity index (χ0) is 48.8. The summed E-state index contributed by atoms with van der Waals surface area (Å²) in [6.45, 7) is 3.90. The van der Waals surface area contributed by atoms with Gasteiger partial charge in [0, 0.05) is 12.8 Å².